The van der Waals surface area contributed by atoms with Crippen LogP contribution in [0.5, 0.6) is 0 Å². The van der Waals surface area contributed by atoms with Gasteiger partial charge in [0.25, 0.3) is 0 Å². The Labute approximate surface area is 125 Å². The average molecular weight is 302 g/mol. The van der Waals surface area contributed by atoms with Crippen molar-refractivity contribution < 1.29 is 9.53 Å². The summed E-state index contributed by atoms with van der Waals surface area (Å²) in [6.45, 7) is 5.48. The van der Waals surface area contributed by atoms with Crippen LogP contribution in [0.2, 0.25) is 5.02 Å². The van der Waals surface area contributed by atoms with Gasteiger partial charge in [-0.3, -0.25) is 5.32 Å². The molecule has 3 nitrogen and oxygen atoms in total. The van der Waals surface area contributed by atoms with Crippen molar-refractivity contribution in [3.05, 3.63) is 28.8 Å². The predicted octanol–water partition coefficient (Wildman–Crippen LogP) is 4.55. The van der Waals surface area contributed by atoms with Gasteiger partial charge in [0.15, 0.2) is 0 Å². The molecular formula is C14H20ClNO2S. The van der Waals surface area contributed by atoms with E-state index in [1.165, 1.54) is 0 Å². The normalized spacial score (nSPS) is 11.2. The summed E-state index contributed by atoms with van der Waals surface area (Å²) < 4.78 is 5.20. The van der Waals surface area contributed by atoms with Crippen LogP contribution in [0.25, 0.3) is 0 Å². The third-order valence-electron chi connectivity index (χ3n) is 2.30. The fraction of sp³-hybridized carbons (Fsp3) is 0.500. The fourth-order valence-corrected chi connectivity index (χ4v) is 1.91. The van der Waals surface area contributed by atoms with Crippen LogP contribution < -0.4 is 5.32 Å². The molecule has 106 valence electrons. The highest BCUT2D eigenvalue weighted by molar-refractivity contribution is 7.80. The number of hydrogen-bond donors (Lipinski definition) is 2. The number of anilines is 1. The first-order valence-corrected chi connectivity index (χ1v) is 7.22. The van der Waals surface area contributed by atoms with Gasteiger partial charge < -0.3 is 4.74 Å². The maximum atomic E-state index is 11.7. The number of hydrogen-bond acceptors (Lipinski definition) is 3. The Kier molecular flexibility index (Phi) is 6.01. The van der Waals surface area contributed by atoms with Crippen LogP contribution in [0.15, 0.2) is 18.2 Å². The Morgan fingerprint density at radius 3 is 2.68 bits per heavy atom. The first-order valence-electron chi connectivity index (χ1n) is 6.21. The molecule has 1 amide bonds. The van der Waals surface area contributed by atoms with Crippen molar-refractivity contribution >= 4 is 36.0 Å². The maximum absolute atomic E-state index is 11.7. The van der Waals surface area contributed by atoms with Gasteiger partial charge in [-0.1, -0.05) is 11.6 Å². The summed E-state index contributed by atoms with van der Waals surface area (Å²) in [5.74, 6) is 0.806. The molecular weight excluding hydrogens is 282 g/mol. The van der Waals surface area contributed by atoms with Gasteiger partial charge >= 0.3 is 6.09 Å². The molecule has 0 spiro atoms. The van der Waals surface area contributed by atoms with Crippen LogP contribution in [-0.2, 0) is 11.2 Å². The topological polar surface area (TPSA) is 38.3 Å². The number of nitrogens with one attached hydrogen (secondary N) is 1. The smallest absolute Gasteiger partial charge is 0.412 e. The van der Waals surface area contributed by atoms with E-state index in [0.29, 0.717) is 10.7 Å². The lowest BCUT2D eigenvalue weighted by Gasteiger charge is -2.20. The lowest BCUT2D eigenvalue weighted by atomic mass is 10.1. The van der Waals surface area contributed by atoms with Gasteiger partial charge in [0.1, 0.15) is 5.60 Å². The Morgan fingerprint density at radius 1 is 1.42 bits per heavy atom. The molecule has 0 fully saturated rings. The molecule has 1 aromatic carbocycles. The van der Waals surface area contributed by atoms with E-state index in [9.17, 15) is 4.79 Å². The average Bonchev–Trinajstić information content (AvgIpc) is 2.27. The molecule has 0 aliphatic heterocycles. The highest BCUT2D eigenvalue weighted by Gasteiger charge is 2.16. The number of rotatable bonds is 4. The van der Waals surface area contributed by atoms with Crippen LogP contribution in [0.4, 0.5) is 10.5 Å². The lowest BCUT2D eigenvalue weighted by Crippen LogP contribution is -2.27. The third-order valence-corrected chi connectivity index (χ3v) is 2.98. The largest absolute Gasteiger partial charge is 0.444 e. The first-order chi connectivity index (χ1) is 8.81. The minimum atomic E-state index is -0.509. The quantitative estimate of drug-likeness (QED) is 0.801. The molecule has 0 atom stereocenters. The van der Waals surface area contributed by atoms with E-state index in [0.717, 1.165) is 24.2 Å². The second kappa shape index (κ2) is 7.06. The number of carbonyl (C=O) groups is 1. The van der Waals surface area contributed by atoms with Gasteiger partial charge in [-0.15, -0.1) is 0 Å². The molecule has 0 unspecified atom stereocenters. The molecule has 0 aliphatic carbocycles. The van der Waals surface area contributed by atoms with Crippen LogP contribution in [0, 0.1) is 0 Å². The molecule has 1 rings (SSSR count). The number of thiol groups is 1. The van der Waals surface area contributed by atoms with Crippen molar-refractivity contribution in [3.63, 3.8) is 0 Å². The van der Waals surface area contributed by atoms with Gasteiger partial charge in [-0.05, 0) is 63.1 Å². The van der Waals surface area contributed by atoms with E-state index in [2.05, 4.69) is 17.9 Å². The predicted molar refractivity (Wildman–Crippen MR) is 83.5 cm³/mol. The Bertz CT molecular complexity index is 444. The molecule has 19 heavy (non-hydrogen) atoms. The summed E-state index contributed by atoms with van der Waals surface area (Å²) in [7, 11) is 0. The van der Waals surface area contributed by atoms with Crippen LogP contribution in [0.3, 0.4) is 0 Å². The second-order valence-electron chi connectivity index (χ2n) is 5.26. The number of carbonyl (C=O) groups excluding carboxylic acids is 1. The van der Waals surface area contributed by atoms with Crippen molar-refractivity contribution in [1.82, 2.24) is 0 Å². The molecule has 5 heteroatoms. The molecule has 0 aliphatic rings. The minimum Gasteiger partial charge on any atom is -0.444 e. The van der Waals surface area contributed by atoms with Gasteiger partial charge in [0.05, 0.1) is 0 Å². The molecule has 1 aromatic rings. The maximum Gasteiger partial charge on any atom is 0.412 e. The molecule has 0 saturated carbocycles. The highest BCUT2D eigenvalue weighted by Crippen LogP contribution is 2.22. The fourth-order valence-electron chi connectivity index (χ4n) is 1.54. The van der Waals surface area contributed by atoms with Crippen molar-refractivity contribution in [2.75, 3.05) is 11.1 Å². The van der Waals surface area contributed by atoms with Gasteiger partial charge in [0, 0.05) is 10.7 Å². The van der Waals surface area contributed by atoms with Gasteiger partial charge in [-0.2, -0.15) is 12.6 Å². The van der Waals surface area contributed by atoms with Gasteiger partial charge in [0.2, 0.25) is 0 Å². The molecule has 1 N–H and O–H groups in total. The zero-order valence-corrected chi connectivity index (χ0v) is 13.1. The molecule has 0 heterocycles. The lowest BCUT2D eigenvalue weighted by molar-refractivity contribution is 0.0636. The highest BCUT2D eigenvalue weighted by atomic mass is 35.5. The van der Waals surface area contributed by atoms with Crippen LogP contribution >= 0.6 is 24.2 Å². The number of ether oxygens (including phenoxy) is 1. The molecule has 0 aromatic heterocycles. The van der Waals surface area contributed by atoms with E-state index < -0.39 is 11.7 Å². The van der Waals surface area contributed by atoms with Gasteiger partial charge in [-0.25, -0.2) is 4.79 Å². The summed E-state index contributed by atoms with van der Waals surface area (Å²) in [6.07, 6.45) is 1.32. The second-order valence-corrected chi connectivity index (χ2v) is 6.11. The third kappa shape index (κ3) is 6.21. The molecule has 0 radical (unpaired) electrons. The first kappa shape index (κ1) is 16.2. The van der Waals surface area contributed by atoms with E-state index in [-0.39, 0.29) is 0 Å². The molecule has 0 bridgehead atoms. The number of halogens is 1. The van der Waals surface area contributed by atoms with E-state index >= 15 is 0 Å². The molecule has 0 saturated heterocycles. The number of aryl methyl sites for hydroxylation is 1. The van der Waals surface area contributed by atoms with Crippen molar-refractivity contribution in [2.24, 2.45) is 0 Å². The summed E-state index contributed by atoms with van der Waals surface area (Å²) >= 11 is 10.3. The summed E-state index contributed by atoms with van der Waals surface area (Å²) in [5, 5.41) is 3.41. The minimum absolute atomic E-state index is 0.463. The van der Waals surface area contributed by atoms with Crippen molar-refractivity contribution in [2.45, 2.75) is 39.2 Å². The van der Waals surface area contributed by atoms with E-state index in [1.807, 2.05) is 26.8 Å². The Balaban J connectivity index is 2.71. The van der Waals surface area contributed by atoms with Crippen molar-refractivity contribution in [1.29, 1.82) is 0 Å². The van der Waals surface area contributed by atoms with Crippen LogP contribution in [-0.4, -0.2) is 17.4 Å². The SMILES string of the molecule is CC(C)(C)OC(=O)Nc1ccc(Cl)c(CCCS)c1. The van der Waals surface area contributed by atoms with Crippen LogP contribution in [0.1, 0.15) is 32.8 Å². The summed E-state index contributed by atoms with van der Waals surface area (Å²) in [4.78, 5) is 11.7. The standard InChI is InChI=1S/C14H20ClNO2S/c1-14(2,3)18-13(17)16-11-6-7-12(15)10(9-11)5-4-8-19/h6-7,9,19H,4-5,8H2,1-3H3,(H,16,17). The zero-order chi connectivity index (χ0) is 14.5. The monoisotopic (exact) mass is 301 g/mol. The van der Waals surface area contributed by atoms with Crippen molar-refractivity contribution in [3.8, 4) is 0 Å². The summed E-state index contributed by atoms with van der Waals surface area (Å²) in [6, 6.07) is 5.41. The number of benzene rings is 1. The van der Waals surface area contributed by atoms with E-state index in [1.54, 1.807) is 12.1 Å². The number of amides is 1. The zero-order valence-electron chi connectivity index (χ0n) is 11.5. The Hall–Kier alpha value is -0.870. The van der Waals surface area contributed by atoms with E-state index in [4.69, 9.17) is 16.3 Å². The summed E-state index contributed by atoms with van der Waals surface area (Å²) in [5.41, 5.74) is 1.18. The Morgan fingerprint density at radius 2 is 2.11 bits per heavy atom.